The minimum absolute atomic E-state index is 0.242. The summed E-state index contributed by atoms with van der Waals surface area (Å²) in [6.45, 7) is 7.84. The van der Waals surface area contributed by atoms with Crippen molar-refractivity contribution in [1.82, 2.24) is 10.3 Å². The predicted octanol–water partition coefficient (Wildman–Crippen LogP) is 2.94. The van der Waals surface area contributed by atoms with E-state index in [1.54, 1.807) is 0 Å². The Hall–Kier alpha value is -0.930. The Labute approximate surface area is 115 Å². The smallest absolute Gasteiger partial charge is 0.0684 e. The molecular weight excluding hydrogens is 236 g/mol. The van der Waals surface area contributed by atoms with E-state index in [1.165, 1.54) is 18.4 Å². The van der Waals surface area contributed by atoms with Gasteiger partial charge in [0.2, 0.25) is 0 Å². The summed E-state index contributed by atoms with van der Waals surface area (Å²) in [5.41, 5.74) is 1.55. The molecule has 0 aromatic carbocycles. The average molecular weight is 260 g/mol. The van der Waals surface area contributed by atoms with Crippen LogP contribution in [0.1, 0.15) is 45.2 Å². The largest absolute Gasteiger partial charge is 0.377 e. The molecule has 104 valence electrons. The number of nitrogens with one attached hydrogen (secondary N) is 1. The van der Waals surface area contributed by atoms with Crippen LogP contribution in [0.4, 0.5) is 0 Å². The molecule has 1 saturated carbocycles. The zero-order valence-electron chi connectivity index (χ0n) is 12.1. The van der Waals surface area contributed by atoms with Crippen LogP contribution in [0, 0.1) is 11.3 Å². The highest BCUT2D eigenvalue weighted by Gasteiger charge is 2.57. The second kappa shape index (κ2) is 4.88. The van der Waals surface area contributed by atoms with E-state index in [-0.39, 0.29) is 5.41 Å². The van der Waals surface area contributed by atoms with Gasteiger partial charge in [-0.25, -0.2) is 0 Å². The molecule has 2 fully saturated rings. The molecule has 4 atom stereocenters. The zero-order valence-corrected chi connectivity index (χ0v) is 12.1. The molecule has 19 heavy (non-hydrogen) atoms. The van der Waals surface area contributed by atoms with Crippen LogP contribution in [-0.4, -0.2) is 23.7 Å². The number of aromatic nitrogens is 1. The third-order valence-corrected chi connectivity index (χ3v) is 4.97. The molecule has 3 rings (SSSR count). The number of ether oxygens (including phenoxy) is 1. The summed E-state index contributed by atoms with van der Waals surface area (Å²) in [6, 6.07) is 5.12. The van der Waals surface area contributed by atoms with Crippen molar-refractivity contribution in [2.75, 3.05) is 6.61 Å². The van der Waals surface area contributed by atoms with Gasteiger partial charge in [-0.05, 0) is 37.5 Å². The Bertz CT molecular complexity index is 432. The number of rotatable bonds is 3. The van der Waals surface area contributed by atoms with Crippen molar-refractivity contribution >= 4 is 0 Å². The van der Waals surface area contributed by atoms with Crippen LogP contribution in [0.2, 0.25) is 0 Å². The molecule has 1 aliphatic heterocycles. The van der Waals surface area contributed by atoms with Crippen LogP contribution in [0.3, 0.4) is 0 Å². The minimum atomic E-state index is 0.242. The highest BCUT2D eigenvalue weighted by Crippen LogP contribution is 2.51. The van der Waals surface area contributed by atoms with Gasteiger partial charge in [-0.3, -0.25) is 4.98 Å². The molecule has 1 saturated heterocycles. The molecule has 1 aromatic heterocycles. The van der Waals surface area contributed by atoms with Gasteiger partial charge in [-0.2, -0.15) is 0 Å². The lowest BCUT2D eigenvalue weighted by molar-refractivity contribution is -0.194. The van der Waals surface area contributed by atoms with Crippen LogP contribution in [0.15, 0.2) is 24.5 Å². The molecular formula is C16H24N2O. The maximum atomic E-state index is 5.96. The number of fused-ring (bicyclic) bond motifs is 1. The summed E-state index contributed by atoms with van der Waals surface area (Å²) in [7, 11) is 0. The van der Waals surface area contributed by atoms with Gasteiger partial charge >= 0.3 is 0 Å². The first-order valence-electron chi connectivity index (χ1n) is 7.38. The number of hydrogen-bond donors (Lipinski definition) is 1. The van der Waals surface area contributed by atoms with Crippen LogP contribution in [0.25, 0.3) is 0 Å². The SMILES string of the molecule is C[C@H](NC1C2CCCOC2C1(C)C)c1ccncc1. The van der Waals surface area contributed by atoms with E-state index < -0.39 is 0 Å². The summed E-state index contributed by atoms with van der Waals surface area (Å²) in [6.07, 6.45) is 6.69. The zero-order chi connectivity index (χ0) is 13.5. The Morgan fingerprint density at radius 1 is 1.37 bits per heavy atom. The van der Waals surface area contributed by atoms with Crippen molar-refractivity contribution in [2.24, 2.45) is 11.3 Å². The maximum Gasteiger partial charge on any atom is 0.0684 e. The number of pyridine rings is 1. The van der Waals surface area contributed by atoms with Crippen molar-refractivity contribution in [3.8, 4) is 0 Å². The van der Waals surface area contributed by atoms with Crippen molar-refractivity contribution in [3.05, 3.63) is 30.1 Å². The highest BCUT2D eigenvalue weighted by atomic mass is 16.5. The summed E-state index contributed by atoms with van der Waals surface area (Å²) in [5, 5.41) is 3.81. The van der Waals surface area contributed by atoms with E-state index in [0.717, 1.165) is 6.61 Å². The summed E-state index contributed by atoms with van der Waals surface area (Å²) in [4.78, 5) is 4.09. The molecule has 3 heteroatoms. The number of nitrogens with zero attached hydrogens (tertiary/aromatic N) is 1. The molecule has 1 N–H and O–H groups in total. The van der Waals surface area contributed by atoms with E-state index in [9.17, 15) is 0 Å². The molecule has 3 unspecified atom stereocenters. The predicted molar refractivity (Wildman–Crippen MR) is 75.8 cm³/mol. The van der Waals surface area contributed by atoms with Gasteiger partial charge in [-0.1, -0.05) is 13.8 Å². The van der Waals surface area contributed by atoms with E-state index in [1.807, 2.05) is 12.4 Å². The van der Waals surface area contributed by atoms with Gasteiger partial charge < -0.3 is 10.1 Å². The Balaban J connectivity index is 1.69. The fourth-order valence-electron chi connectivity index (χ4n) is 3.88. The summed E-state index contributed by atoms with van der Waals surface area (Å²) < 4.78 is 5.96. The minimum Gasteiger partial charge on any atom is -0.377 e. The molecule has 0 amide bonds. The summed E-state index contributed by atoms with van der Waals surface area (Å²) in [5.74, 6) is 0.688. The molecule has 0 bridgehead atoms. The van der Waals surface area contributed by atoms with Crippen LogP contribution in [0.5, 0.6) is 0 Å². The molecule has 3 nitrogen and oxygen atoms in total. The van der Waals surface area contributed by atoms with E-state index >= 15 is 0 Å². The monoisotopic (exact) mass is 260 g/mol. The normalized spacial score (nSPS) is 34.2. The van der Waals surface area contributed by atoms with E-state index in [0.29, 0.717) is 24.1 Å². The molecule has 2 heterocycles. The van der Waals surface area contributed by atoms with Gasteiger partial charge in [0, 0.05) is 42.4 Å². The van der Waals surface area contributed by atoms with Gasteiger partial charge in [-0.15, -0.1) is 0 Å². The lowest BCUT2D eigenvalue weighted by Crippen LogP contribution is -2.69. The van der Waals surface area contributed by atoms with Gasteiger partial charge in [0.1, 0.15) is 0 Å². The third kappa shape index (κ3) is 2.19. The topological polar surface area (TPSA) is 34.1 Å². The van der Waals surface area contributed by atoms with Crippen molar-refractivity contribution in [2.45, 2.75) is 51.8 Å². The Morgan fingerprint density at radius 2 is 2.11 bits per heavy atom. The maximum absolute atomic E-state index is 5.96. The highest BCUT2D eigenvalue weighted by molar-refractivity contribution is 5.17. The average Bonchev–Trinajstić information content (AvgIpc) is 2.45. The first-order chi connectivity index (χ1) is 9.10. The van der Waals surface area contributed by atoms with Crippen LogP contribution in [-0.2, 0) is 4.74 Å². The van der Waals surface area contributed by atoms with Gasteiger partial charge in [0.25, 0.3) is 0 Å². The Kier molecular flexibility index (Phi) is 3.35. The number of hydrogen-bond acceptors (Lipinski definition) is 3. The van der Waals surface area contributed by atoms with Crippen molar-refractivity contribution in [3.63, 3.8) is 0 Å². The summed E-state index contributed by atoms with van der Waals surface area (Å²) >= 11 is 0. The molecule has 0 spiro atoms. The van der Waals surface area contributed by atoms with Crippen LogP contribution < -0.4 is 5.32 Å². The molecule has 2 aliphatic rings. The molecule has 0 radical (unpaired) electrons. The second-order valence-electron chi connectivity index (χ2n) is 6.57. The van der Waals surface area contributed by atoms with E-state index in [4.69, 9.17) is 4.74 Å². The fourth-order valence-corrected chi connectivity index (χ4v) is 3.88. The van der Waals surface area contributed by atoms with Crippen LogP contribution >= 0.6 is 0 Å². The lowest BCUT2D eigenvalue weighted by atomic mass is 9.55. The van der Waals surface area contributed by atoms with Gasteiger partial charge in [0.15, 0.2) is 0 Å². The van der Waals surface area contributed by atoms with Crippen molar-refractivity contribution < 1.29 is 4.74 Å². The first kappa shape index (κ1) is 13.1. The standard InChI is InChI=1S/C16H24N2O/c1-11(12-6-8-17-9-7-12)18-14-13-5-4-10-19-15(13)16(14,2)3/h6-9,11,13-15,18H,4-5,10H2,1-3H3/t11-,13?,14?,15?/m0/s1. The first-order valence-corrected chi connectivity index (χ1v) is 7.38. The molecule has 1 aromatic rings. The Morgan fingerprint density at radius 3 is 2.84 bits per heavy atom. The second-order valence-corrected chi connectivity index (χ2v) is 6.57. The van der Waals surface area contributed by atoms with Gasteiger partial charge in [0.05, 0.1) is 6.10 Å². The third-order valence-electron chi connectivity index (χ3n) is 4.97. The van der Waals surface area contributed by atoms with Crippen molar-refractivity contribution in [1.29, 1.82) is 0 Å². The lowest BCUT2D eigenvalue weighted by Gasteiger charge is -2.60. The van der Waals surface area contributed by atoms with E-state index in [2.05, 4.69) is 43.2 Å². The quantitative estimate of drug-likeness (QED) is 0.907. The fraction of sp³-hybridized carbons (Fsp3) is 0.688. The molecule has 1 aliphatic carbocycles.